The topological polar surface area (TPSA) is 66.9 Å². The molecule has 0 saturated carbocycles. The Bertz CT molecular complexity index is 598. The van der Waals surface area contributed by atoms with Crippen molar-refractivity contribution >= 4 is 11.9 Å². The monoisotopic (exact) mass is 298 g/mol. The predicted molar refractivity (Wildman–Crippen MR) is 87.7 cm³/mol. The lowest BCUT2D eigenvalue weighted by molar-refractivity contribution is 0.0938. The highest BCUT2D eigenvalue weighted by Gasteiger charge is 2.11. The second kappa shape index (κ2) is 7.54. The molecule has 1 heterocycles. The molecule has 0 bridgehead atoms. The average Bonchev–Trinajstić information content (AvgIpc) is 2.56. The molecule has 2 rings (SSSR count). The molecule has 0 spiro atoms. The maximum Gasteiger partial charge on any atom is 0.254 e. The number of hydrogen-bond acceptors (Lipinski definition) is 4. The summed E-state index contributed by atoms with van der Waals surface area (Å²) in [6.45, 7) is 6.04. The van der Waals surface area contributed by atoms with Crippen molar-refractivity contribution < 1.29 is 4.79 Å². The van der Waals surface area contributed by atoms with Gasteiger partial charge in [-0.15, -0.1) is 0 Å². The second-order valence-corrected chi connectivity index (χ2v) is 5.35. The third-order valence-electron chi connectivity index (χ3n) is 3.55. The van der Waals surface area contributed by atoms with Gasteiger partial charge in [-0.3, -0.25) is 4.79 Å². The maximum absolute atomic E-state index is 12.0. The summed E-state index contributed by atoms with van der Waals surface area (Å²) in [6, 6.07) is 10.3. The van der Waals surface area contributed by atoms with Crippen LogP contribution in [0.5, 0.6) is 0 Å². The van der Waals surface area contributed by atoms with E-state index in [1.165, 1.54) is 0 Å². The Kier molecular flexibility index (Phi) is 5.47. The van der Waals surface area contributed by atoms with E-state index in [9.17, 15) is 4.79 Å². The van der Waals surface area contributed by atoms with Crippen LogP contribution in [0.4, 0.5) is 5.95 Å². The standard InChI is InChI=1S/C17H22N4O/c1-4-12(2)20-16(22)15-10-18-17(19-11-15)21-13(3)14-8-6-5-7-9-14/h5-13H,4H2,1-3H3,(H,20,22)(H,18,19,21). The molecule has 2 N–H and O–H groups in total. The number of aromatic nitrogens is 2. The van der Waals surface area contributed by atoms with Gasteiger partial charge in [-0.05, 0) is 25.8 Å². The molecule has 5 heteroatoms. The fourth-order valence-electron chi connectivity index (χ4n) is 1.95. The van der Waals surface area contributed by atoms with Gasteiger partial charge in [0.1, 0.15) is 0 Å². The Balaban J connectivity index is 1.98. The minimum absolute atomic E-state index is 0.0981. The van der Waals surface area contributed by atoms with E-state index in [2.05, 4.69) is 20.6 Å². The van der Waals surface area contributed by atoms with Crippen LogP contribution in [0.25, 0.3) is 0 Å². The molecule has 116 valence electrons. The second-order valence-electron chi connectivity index (χ2n) is 5.35. The number of carbonyl (C=O) groups excluding carboxylic acids is 1. The molecular weight excluding hydrogens is 276 g/mol. The van der Waals surface area contributed by atoms with Crippen molar-refractivity contribution in [1.82, 2.24) is 15.3 Å². The lowest BCUT2D eigenvalue weighted by atomic mass is 10.1. The number of anilines is 1. The first-order valence-corrected chi connectivity index (χ1v) is 7.54. The molecule has 0 fully saturated rings. The zero-order chi connectivity index (χ0) is 15.9. The van der Waals surface area contributed by atoms with Crippen molar-refractivity contribution in [3.8, 4) is 0 Å². The van der Waals surface area contributed by atoms with Gasteiger partial charge in [0.15, 0.2) is 0 Å². The van der Waals surface area contributed by atoms with Gasteiger partial charge >= 0.3 is 0 Å². The smallest absolute Gasteiger partial charge is 0.254 e. The molecule has 0 radical (unpaired) electrons. The number of rotatable bonds is 6. The summed E-state index contributed by atoms with van der Waals surface area (Å²) in [5, 5.41) is 6.11. The van der Waals surface area contributed by atoms with E-state index in [0.717, 1.165) is 12.0 Å². The molecule has 0 saturated heterocycles. The summed E-state index contributed by atoms with van der Waals surface area (Å²) in [5.74, 6) is 0.369. The summed E-state index contributed by atoms with van der Waals surface area (Å²) >= 11 is 0. The van der Waals surface area contributed by atoms with Crippen molar-refractivity contribution in [2.45, 2.75) is 39.3 Å². The fraction of sp³-hybridized carbons (Fsp3) is 0.353. The van der Waals surface area contributed by atoms with Gasteiger partial charge in [-0.2, -0.15) is 0 Å². The van der Waals surface area contributed by atoms with Crippen LogP contribution in [-0.4, -0.2) is 21.9 Å². The zero-order valence-corrected chi connectivity index (χ0v) is 13.2. The number of amides is 1. The van der Waals surface area contributed by atoms with Crippen LogP contribution in [-0.2, 0) is 0 Å². The molecule has 22 heavy (non-hydrogen) atoms. The van der Waals surface area contributed by atoms with Crippen LogP contribution in [0.3, 0.4) is 0 Å². The van der Waals surface area contributed by atoms with Crippen LogP contribution in [0.1, 0.15) is 49.2 Å². The third-order valence-corrected chi connectivity index (χ3v) is 3.55. The average molecular weight is 298 g/mol. The van der Waals surface area contributed by atoms with Gasteiger partial charge in [0, 0.05) is 18.4 Å². The number of nitrogens with one attached hydrogen (secondary N) is 2. The van der Waals surface area contributed by atoms with Crippen LogP contribution >= 0.6 is 0 Å². The van der Waals surface area contributed by atoms with Gasteiger partial charge in [0.2, 0.25) is 5.95 Å². The summed E-state index contributed by atoms with van der Waals surface area (Å²) in [4.78, 5) is 20.4. The summed E-state index contributed by atoms with van der Waals surface area (Å²) < 4.78 is 0. The first kappa shape index (κ1) is 15.9. The van der Waals surface area contributed by atoms with Gasteiger partial charge in [-0.25, -0.2) is 9.97 Å². The molecular formula is C17H22N4O. The van der Waals surface area contributed by atoms with Gasteiger partial charge < -0.3 is 10.6 Å². The van der Waals surface area contributed by atoms with Crippen LogP contribution in [0, 0.1) is 0 Å². The third kappa shape index (κ3) is 4.28. The Hall–Kier alpha value is -2.43. The van der Waals surface area contributed by atoms with Gasteiger partial charge in [0.05, 0.1) is 11.6 Å². The number of hydrogen-bond donors (Lipinski definition) is 2. The van der Waals surface area contributed by atoms with Crippen molar-refractivity contribution in [1.29, 1.82) is 0 Å². The van der Waals surface area contributed by atoms with Crippen molar-refractivity contribution in [2.24, 2.45) is 0 Å². The maximum atomic E-state index is 12.0. The van der Waals surface area contributed by atoms with E-state index in [-0.39, 0.29) is 18.0 Å². The van der Waals surface area contributed by atoms with E-state index in [1.807, 2.05) is 51.1 Å². The molecule has 1 aromatic carbocycles. The zero-order valence-electron chi connectivity index (χ0n) is 13.2. The summed E-state index contributed by atoms with van der Waals surface area (Å²) in [5.41, 5.74) is 1.63. The molecule has 1 amide bonds. The molecule has 2 aromatic rings. The highest BCUT2D eigenvalue weighted by molar-refractivity contribution is 5.93. The molecule has 0 aliphatic carbocycles. The first-order valence-electron chi connectivity index (χ1n) is 7.54. The largest absolute Gasteiger partial charge is 0.350 e. The number of nitrogens with zero attached hydrogens (tertiary/aromatic N) is 2. The fourth-order valence-corrected chi connectivity index (χ4v) is 1.95. The minimum atomic E-state index is -0.142. The van der Waals surface area contributed by atoms with Crippen molar-refractivity contribution in [3.63, 3.8) is 0 Å². The lowest BCUT2D eigenvalue weighted by Crippen LogP contribution is -2.32. The van der Waals surface area contributed by atoms with Gasteiger partial charge in [-0.1, -0.05) is 37.3 Å². The van der Waals surface area contributed by atoms with Crippen molar-refractivity contribution in [2.75, 3.05) is 5.32 Å². The molecule has 2 unspecified atom stereocenters. The Labute approximate surface area is 131 Å². The SMILES string of the molecule is CCC(C)NC(=O)c1cnc(NC(C)c2ccccc2)nc1. The molecule has 2 atom stereocenters. The highest BCUT2D eigenvalue weighted by atomic mass is 16.1. The van der Waals surface area contributed by atoms with Gasteiger partial charge in [0.25, 0.3) is 5.91 Å². The van der Waals surface area contributed by atoms with Crippen LogP contribution in [0.15, 0.2) is 42.7 Å². The number of carbonyl (C=O) groups is 1. The normalized spacial score (nSPS) is 13.2. The summed E-state index contributed by atoms with van der Waals surface area (Å²) in [7, 11) is 0. The van der Waals surface area contributed by atoms with E-state index < -0.39 is 0 Å². The molecule has 0 aliphatic rings. The van der Waals surface area contributed by atoms with Crippen molar-refractivity contribution in [3.05, 3.63) is 53.9 Å². The van der Waals surface area contributed by atoms with E-state index in [4.69, 9.17) is 0 Å². The van der Waals surface area contributed by atoms with Crippen LogP contribution in [0.2, 0.25) is 0 Å². The van der Waals surface area contributed by atoms with Crippen LogP contribution < -0.4 is 10.6 Å². The summed E-state index contributed by atoms with van der Waals surface area (Å²) in [6.07, 6.45) is 3.98. The first-order chi connectivity index (χ1) is 10.6. The van der Waals surface area contributed by atoms with E-state index >= 15 is 0 Å². The quantitative estimate of drug-likeness (QED) is 0.859. The van der Waals surface area contributed by atoms with E-state index in [0.29, 0.717) is 11.5 Å². The Morgan fingerprint density at radius 3 is 2.36 bits per heavy atom. The molecule has 1 aromatic heterocycles. The highest BCUT2D eigenvalue weighted by Crippen LogP contribution is 2.15. The number of benzene rings is 1. The molecule has 5 nitrogen and oxygen atoms in total. The molecule has 0 aliphatic heterocycles. The predicted octanol–water partition coefficient (Wildman–Crippen LogP) is 3.18. The Morgan fingerprint density at radius 2 is 1.77 bits per heavy atom. The lowest BCUT2D eigenvalue weighted by Gasteiger charge is -2.14. The van der Waals surface area contributed by atoms with E-state index in [1.54, 1.807) is 12.4 Å². The Morgan fingerprint density at radius 1 is 1.14 bits per heavy atom. The minimum Gasteiger partial charge on any atom is -0.350 e.